The van der Waals surface area contributed by atoms with Crippen LogP contribution in [0.1, 0.15) is 38.2 Å². The third-order valence-electron chi connectivity index (χ3n) is 4.43. The molecule has 0 aliphatic carbocycles. The molecule has 1 aliphatic heterocycles. The first-order valence-electron chi connectivity index (χ1n) is 8.60. The molecule has 1 heterocycles. The van der Waals surface area contributed by atoms with Crippen molar-refractivity contribution in [3.8, 4) is 0 Å². The van der Waals surface area contributed by atoms with E-state index in [0.717, 1.165) is 43.7 Å². The summed E-state index contributed by atoms with van der Waals surface area (Å²) in [4.78, 5) is 25.4. The lowest BCUT2D eigenvalue weighted by Crippen LogP contribution is -2.38. The summed E-state index contributed by atoms with van der Waals surface area (Å²) in [6.45, 7) is 4.46. The summed E-state index contributed by atoms with van der Waals surface area (Å²) in [5.74, 6) is -0.185. The molecule has 2 rings (SSSR count). The Morgan fingerprint density at radius 1 is 1.27 bits per heavy atom. The van der Waals surface area contributed by atoms with Crippen molar-refractivity contribution in [3.63, 3.8) is 0 Å². The van der Waals surface area contributed by atoms with Gasteiger partial charge in [-0.2, -0.15) is 0 Å². The van der Waals surface area contributed by atoms with E-state index in [2.05, 4.69) is 16.3 Å². The van der Waals surface area contributed by atoms with Crippen LogP contribution in [0.25, 0.3) is 0 Å². The molecule has 0 bridgehead atoms. The van der Waals surface area contributed by atoms with Crippen molar-refractivity contribution in [1.29, 1.82) is 0 Å². The highest BCUT2D eigenvalue weighted by Gasteiger charge is 2.22. The summed E-state index contributed by atoms with van der Waals surface area (Å²) >= 11 is 0. The molecule has 0 radical (unpaired) electrons. The minimum Gasteiger partial charge on any atom is -0.369 e. The number of piperidine rings is 1. The zero-order valence-electron chi connectivity index (χ0n) is 15.1. The molecule has 2 amide bonds. The molecule has 1 aliphatic rings. The Hall–Kier alpha value is -1.34. The van der Waals surface area contributed by atoms with Gasteiger partial charge in [-0.05, 0) is 57.0 Å². The number of hydrogen-bond acceptors (Lipinski definition) is 4. The molecule has 0 aromatic heterocycles. The van der Waals surface area contributed by atoms with Crippen LogP contribution in [-0.4, -0.2) is 35.8 Å². The van der Waals surface area contributed by atoms with Crippen LogP contribution in [0.4, 0.5) is 5.69 Å². The standard InChI is InChI=1S/C18H28N4O2.2ClH/c1-13(19)5-6-17(23)21-16-4-2-3-14(11-16)12-22-9-7-15(8-10-22)18(20)24;;/h2-4,11,13,15H,5-10,12,19H2,1H3,(H2,20,24)(H,21,23);2*1H. The van der Waals surface area contributed by atoms with Crippen molar-refractivity contribution in [3.05, 3.63) is 29.8 Å². The molecule has 1 fully saturated rings. The van der Waals surface area contributed by atoms with Crippen LogP contribution < -0.4 is 16.8 Å². The molecular formula is C18H30Cl2N4O2. The minimum atomic E-state index is -0.189. The van der Waals surface area contributed by atoms with Gasteiger partial charge >= 0.3 is 0 Å². The van der Waals surface area contributed by atoms with Crippen molar-refractivity contribution in [1.82, 2.24) is 4.90 Å². The third-order valence-corrected chi connectivity index (χ3v) is 4.43. The van der Waals surface area contributed by atoms with Gasteiger partial charge in [0.15, 0.2) is 0 Å². The molecule has 0 saturated carbocycles. The predicted octanol–water partition coefficient (Wildman–Crippen LogP) is 2.29. The Bertz CT molecular complexity index is 576. The third kappa shape index (κ3) is 8.36. The number of halogens is 2. The van der Waals surface area contributed by atoms with E-state index < -0.39 is 0 Å². The maximum absolute atomic E-state index is 11.9. The number of anilines is 1. The van der Waals surface area contributed by atoms with Crippen molar-refractivity contribution >= 4 is 42.3 Å². The number of benzene rings is 1. The number of likely N-dealkylation sites (tertiary alicyclic amines) is 1. The van der Waals surface area contributed by atoms with E-state index in [1.165, 1.54) is 0 Å². The van der Waals surface area contributed by atoms with Crippen molar-refractivity contribution < 1.29 is 9.59 Å². The van der Waals surface area contributed by atoms with E-state index in [1.54, 1.807) is 0 Å². The number of carbonyl (C=O) groups is 2. The molecule has 1 atom stereocenters. The van der Waals surface area contributed by atoms with Gasteiger partial charge in [-0.15, -0.1) is 24.8 Å². The average Bonchev–Trinajstić information content (AvgIpc) is 2.54. The average molecular weight is 405 g/mol. The normalized spacial score (nSPS) is 16.1. The lowest BCUT2D eigenvalue weighted by Gasteiger charge is -2.30. The van der Waals surface area contributed by atoms with Gasteiger partial charge < -0.3 is 16.8 Å². The summed E-state index contributed by atoms with van der Waals surface area (Å²) in [6.07, 6.45) is 2.76. The number of rotatable bonds is 7. The highest BCUT2D eigenvalue weighted by Crippen LogP contribution is 2.20. The lowest BCUT2D eigenvalue weighted by atomic mass is 9.96. The zero-order chi connectivity index (χ0) is 17.5. The molecule has 6 nitrogen and oxygen atoms in total. The Balaban J connectivity index is 0.00000312. The Morgan fingerprint density at radius 2 is 1.92 bits per heavy atom. The lowest BCUT2D eigenvalue weighted by molar-refractivity contribution is -0.123. The van der Waals surface area contributed by atoms with E-state index in [-0.39, 0.29) is 48.6 Å². The van der Waals surface area contributed by atoms with E-state index in [1.807, 2.05) is 25.1 Å². The monoisotopic (exact) mass is 404 g/mol. The van der Waals surface area contributed by atoms with Crippen LogP contribution in [0.5, 0.6) is 0 Å². The molecule has 8 heteroatoms. The van der Waals surface area contributed by atoms with Crippen LogP contribution in [-0.2, 0) is 16.1 Å². The topological polar surface area (TPSA) is 101 Å². The number of amides is 2. The Kier molecular flexibility index (Phi) is 11.5. The second-order valence-corrected chi connectivity index (χ2v) is 6.72. The molecule has 148 valence electrons. The smallest absolute Gasteiger partial charge is 0.224 e. The van der Waals surface area contributed by atoms with Crippen LogP contribution in [0.3, 0.4) is 0 Å². The fourth-order valence-corrected chi connectivity index (χ4v) is 2.96. The summed E-state index contributed by atoms with van der Waals surface area (Å²) in [6, 6.07) is 7.94. The number of primary amides is 1. The molecule has 1 aromatic carbocycles. The van der Waals surface area contributed by atoms with Crippen LogP contribution in [0.2, 0.25) is 0 Å². The van der Waals surface area contributed by atoms with Crippen LogP contribution in [0.15, 0.2) is 24.3 Å². The minimum absolute atomic E-state index is 0. The highest BCUT2D eigenvalue weighted by molar-refractivity contribution is 5.90. The van der Waals surface area contributed by atoms with Crippen molar-refractivity contribution in [2.24, 2.45) is 17.4 Å². The zero-order valence-corrected chi connectivity index (χ0v) is 16.8. The SMILES string of the molecule is CC(N)CCC(=O)Nc1cccc(CN2CCC(C(N)=O)CC2)c1.Cl.Cl. The van der Waals surface area contributed by atoms with E-state index in [4.69, 9.17) is 11.5 Å². The fourth-order valence-electron chi connectivity index (χ4n) is 2.96. The van der Waals surface area contributed by atoms with E-state index in [9.17, 15) is 9.59 Å². The Morgan fingerprint density at radius 3 is 2.50 bits per heavy atom. The number of hydrogen-bond donors (Lipinski definition) is 3. The first-order chi connectivity index (χ1) is 11.4. The maximum atomic E-state index is 11.9. The van der Waals surface area contributed by atoms with Gasteiger partial charge in [-0.25, -0.2) is 0 Å². The Labute approximate surface area is 167 Å². The van der Waals surface area contributed by atoms with E-state index in [0.29, 0.717) is 12.8 Å². The van der Waals surface area contributed by atoms with E-state index >= 15 is 0 Å². The summed E-state index contributed by atoms with van der Waals surface area (Å²) < 4.78 is 0. The largest absolute Gasteiger partial charge is 0.369 e. The molecule has 1 saturated heterocycles. The highest BCUT2D eigenvalue weighted by atomic mass is 35.5. The van der Waals surface area contributed by atoms with Gasteiger partial charge in [0.05, 0.1) is 0 Å². The van der Waals surface area contributed by atoms with Crippen LogP contribution in [0, 0.1) is 5.92 Å². The van der Waals surface area contributed by atoms with Crippen LogP contribution >= 0.6 is 24.8 Å². The van der Waals surface area contributed by atoms with Gasteiger partial charge in [0.2, 0.25) is 11.8 Å². The fraction of sp³-hybridized carbons (Fsp3) is 0.556. The summed E-state index contributed by atoms with van der Waals surface area (Å²) in [7, 11) is 0. The first kappa shape index (κ1) is 24.7. The quantitative estimate of drug-likeness (QED) is 0.648. The molecule has 1 aromatic rings. The summed E-state index contributed by atoms with van der Waals surface area (Å²) in [5, 5.41) is 2.92. The van der Waals surface area contributed by atoms with Gasteiger partial charge in [0.1, 0.15) is 0 Å². The molecule has 5 N–H and O–H groups in total. The van der Waals surface area contributed by atoms with Gasteiger partial charge in [0, 0.05) is 30.6 Å². The van der Waals surface area contributed by atoms with Gasteiger partial charge in [0.25, 0.3) is 0 Å². The molecule has 0 spiro atoms. The van der Waals surface area contributed by atoms with Crippen molar-refractivity contribution in [2.75, 3.05) is 18.4 Å². The van der Waals surface area contributed by atoms with Gasteiger partial charge in [-0.3, -0.25) is 14.5 Å². The predicted molar refractivity (Wildman–Crippen MR) is 110 cm³/mol. The van der Waals surface area contributed by atoms with Gasteiger partial charge in [-0.1, -0.05) is 12.1 Å². The molecular weight excluding hydrogens is 375 g/mol. The number of carbonyl (C=O) groups excluding carboxylic acids is 2. The summed E-state index contributed by atoms with van der Waals surface area (Å²) in [5.41, 5.74) is 13.0. The number of nitrogens with one attached hydrogen (secondary N) is 1. The first-order valence-corrected chi connectivity index (χ1v) is 8.60. The van der Waals surface area contributed by atoms with Crippen molar-refractivity contribution in [2.45, 2.75) is 45.2 Å². The second kappa shape index (κ2) is 12.1. The molecule has 1 unspecified atom stereocenters. The number of nitrogens with zero attached hydrogens (tertiary/aromatic N) is 1. The number of nitrogens with two attached hydrogens (primary N) is 2. The maximum Gasteiger partial charge on any atom is 0.224 e. The second-order valence-electron chi connectivity index (χ2n) is 6.72. The molecule has 26 heavy (non-hydrogen) atoms.